The minimum atomic E-state index is -0.165. The minimum absolute atomic E-state index is 0.165. The molecule has 0 aliphatic carbocycles. The second kappa shape index (κ2) is 9.33. The Labute approximate surface area is 165 Å². The van der Waals surface area contributed by atoms with Crippen LogP contribution in [-0.4, -0.2) is 38.0 Å². The van der Waals surface area contributed by atoms with Gasteiger partial charge in [0, 0.05) is 31.1 Å². The first-order valence-corrected chi connectivity index (χ1v) is 10.4. The van der Waals surface area contributed by atoms with E-state index in [1.165, 1.54) is 23.8 Å². The standard InChI is InChI=1S/C21H29FN4S/c1-15-12-16(8-9-18(15)22)13-24-21(23-2)25-14-17-6-4-10-26(3)20(17)19-7-5-11-27-19/h5,7-9,11-12,17,20H,4,6,10,13-14H2,1-3H3,(H2,23,24,25). The lowest BCUT2D eigenvalue weighted by atomic mass is 9.88. The SMILES string of the molecule is CN=C(NCc1ccc(F)c(C)c1)NCC1CCCN(C)C1c1cccs1. The first-order chi connectivity index (χ1) is 13.1. The number of benzene rings is 1. The lowest BCUT2D eigenvalue weighted by Gasteiger charge is -2.39. The molecular formula is C21H29FN4S. The molecule has 2 atom stereocenters. The van der Waals surface area contributed by atoms with E-state index in [2.05, 4.69) is 45.1 Å². The number of likely N-dealkylation sites (tertiary alicyclic amines) is 1. The number of guanidine groups is 1. The molecule has 1 saturated heterocycles. The summed E-state index contributed by atoms with van der Waals surface area (Å²) >= 11 is 1.84. The first-order valence-electron chi connectivity index (χ1n) is 9.51. The lowest BCUT2D eigenvalue weighted by molar-refractivity contribution is 0.125. The predicted molar refractivity (Wildman–Crippen MR) is 112 cm³/mol. The lowest BCUT2D eigenvalue weighted by Crippen LogP contribution is -2.44. The van der Waals surface area contributed by atoms with E-state index in [1.807, 2.05) is 23.5 Å². The van der Waals surface area contributed by atoms with E-state index in [9.17, 15) is 4.39 Å². The maximum Gasteiger partial charge on any atom is 0.191 e. The zero-order valence-corrected chi connectivity index (χ0v) is 17.2. The van der Waals surface area contributed by atoms with Gasteiger partial charge in [-0.15, -0.1) is 11.3 Å². The molecule has 6 heteroatoms. The number of halogens is 1. The number of nitrogens with zero attached hydrogens (tertiary/aromatic N) is 2. The molecule has 1 fully saturated rings. The van der Waals surface area contributed by atoms with Crippen LogP contribution in [0.2, 0.25) is 0 Å². The minimum Gasteiger partial charge on any atom is -0.356 e. The summed E-state index contributed by atoms with van der Waals surface area (Å²) in [7, 11) is 4.01. The molecule has 0 bridgehead atoms. The number of hydrogen-bond acceptors (Lipinski definition) is 3. The van der Waals surface area contributed by atoms with Gasteiger partial charge in [0.15, 0.2) is 5.96 Å². The Hall–Kier alpha value is -1.92. The van der Waals surface area contributed by atoms with Crippen LogP contribution in [-0.2, 0) is 6.54 Å². The number of piperidine rings is 1. The first kappa shape index (κ1) is 19.8. The molecule has 2 unspecified atom stereocenters. The van der Waals surface area contributed by atoms with Crippen molar-refractivity contribution >= 4 is 17.3 Å². The summed E-state index contributed by atoms with van der Waals surface area (Å²) in [6, 6.07) is 10.0. The molecule has 27 heavy (non-hydrogen) atoms. The molecule has 1 aliphatic heterocycles. The van der Waals surface area contributed by atoms with Crippen LogP contribution in [0.5, 0.6) is 0 Å². The zero-order valence-electron chi connectivity index (χ0n) is 16.3. The maximum atomic E-state index is 13.4. The molecule has 146 valence electrons. The number of rotatable bonds is 5. The fourth-order valence-corrected chi connectivity index (χ4v) is 4.82. The highest BCUT2D eigenvalue weighted by Gasteiger charge is 2.31. The second-order valence-electron chi connectivity index (χ2n) is 7.23. The average Bonchev–Trinajstić information content (AvgIpc) is 3.19. The van der Waals surface area contributed by atoms with E-state index in [-0.39, 0.29) is 5.82 Å². The van der Waals surface area contributed by atoms with E-state index in [0.717, 1.165) is 24.6 Å². The predicted octanol–water partition coefficient (Wildman–Crippen LogP) is 3.94. The largest absolute Gasteiger partial charge is 0.356 e. The molecule has 0 radical (unpaired) electrons. The van der Waals surface area contributed by atoms with Gasteiger partial charge in [-0.25, -0.2) is 4.39 Å². The van der Waals surface area contributed by atoms with Crippen LogP contribution >= 0.6 is 11.3 Å². The normalized spacial score (nSPS) is 21.3. The van der Waals surface area contributed by atoms with Crippen molar-refractivity contribution in [2.45, 2.75) is 32.4 Å². The summed E-state index contributed by atoms with van der Waals surface area (Å²) in [6.45, 7) is 4.45. The van der Waals surface area contributed by atoms with E-state index in [1.54, 1.807) is 14.0 Å². The molecule has 2 N–H and O–H groups in total. The summed E-state index contributed by atoms with van der Waals surface area (Å²) in [5.41, 5.74) is 1.71. The number of aryl methyl sites for hydroxylation is 1. The van der Waals surface area contributed by atoms with Gasteiger partial charge in [-0.1, -0.05) is 18.2 Å². The number of hydrogen-bond donors (Lipinski definition) is 2. The van der Waals surface area contributed by atoms with Gasteiger partial charge in [0.05, 0.1) is 0 Å². The number of aliphatic imine (C=N–C) groups is 1. The molecule has 1 aromatic carbocycles. The van der Waals surface area contributed by atoms with Crippen LogP contribution in [0, 0.1) is 18.7 Å². The van der Waals surface area contributed by atoms with Crippen LogP contribution in [0.3, 0.4) is 0 Å². The molecule has 0 saturated carbocycles. The number of thiophene rings is 1. The molecule has 2 aromatic rings. The van der Waals surface area contributed by atoms with Crippen molar-refractivity contribution < 1.29 is 4.39 Å². The monoisotopic (exact) mass is 388 g/mol. The smallest absolute Gasteiger partial charge is 0.191 e. The van der Waals surface area contributed by atoms with Crippen molar-refractivity contribution in [3.63, 3.8) is 0 Å². The van der Waals surface area contributed by atoms with Gasteiger partial charge in [-0.3, -0.25) is 9.89 Å². The van der Waals surface area contributed by atoms with Gasteiger partial charge in [0.25, 0.3) is 0 Å². The quantitative estimate of drug-likeness (QED) is 0.602. The molecule has 2 heterocycles. The molecule has 4 nitrogen and oxygen atoms in total. The van der Waals surface area contributed by atoms with Crippen molar-refractivity contribution in [3.05, 3.63) is 57.5 Å². The van der Waals surface area contributed by atoms with Gasteiger partial charge in [0.1, 0.15) is 5.82 Å². The highest BCUT2D eigenvalue weighted by atomic mass is 32.1. The van der Waals surface area contributed by atoms with Gasteiger partial charge >= 0.3 is 0 Å². The van der Waals surface area contributed by atoms with Crippen molar-refractivity contribution in [2.24, 2.45) is 10.9 Å². The van der Waals surface area contributed by atoms with Crippen molar-refractivity contribution in [1.82, 2.24) is 15.5 Å². The topological polar surface area (TPSA) is 39.7 Å². The Bertz CT molecular complexity index is 760. The van der Waals surface area contributed by atoms with Crippen molar-refractivity contribution in [3.8, 4) is 0 Å². The highest BCUT2D eigenvalue weighted by molar-refractivity contribution is 7.10. The molecule has 0 amide bonds. The molecule has 1 aliphatic rings. The Morgan fingerprint density at radius 3 is 2.89 bits per heavy atom. The van der Waals surface area contributed by atoms with E-state index < -0.39 is 0 Å². The molecule has 3 rings (SSSR count). The highest BCUT2D eigenvalue weighted by Crippen LogP contribution is 2.36. The van der Waals surface area contributed by atoms with E-state index in [0.29, 0.717) is 24.1 Å². The Morgan fingerprint density at radius 1 is 1.33 bits per heavy atom. The van der Waals surface area contributed by atoms with Crippen LogP contribution in [0.1, 0.15) is 34.9 Å². The fourth-order valence-electron chi connectivity index (χ4n) is 3.83. The molecule has 1 aromatic heterocycles. The third kappa shape index (κ3) is 5.08. The third-order valence-electron chi connectivity index (χ3n) is 5.28. The van der Waals surface area contributed by atoms with Crippen LogP contribution in [0.15, 0.2) is 40.7 Å². The molecule has 0 spiro atoms. The van der Waals surface area contributed by atoms with E-state index >= 15 is 0 Å². The third-order valence-corrected chi connectivity index (χ3v) is 6.22. The van der Waals surface area contributed by atoms with Crippen LogP contribution < -0.4 is 10.6 Å². The molecular weight excluding hydrogens is 359 g/mol. The fraction of sp³-hybridized carbons (Fsp3) is 0.476. The average molecular weight is 389 g/mol. The van der Waals surface area contributed by atoms with Crippen LogP contribution in [0.25, 0.3) is 0 Å². The van der Waals surface area contributed by atoms with Crippen molar-refractivity contribution in [1.29, 1.82) is 0 Å². The van der Waals surface area contributed by atoms with Crippen molar-refractivity contribution in [2.75, 3.05) is 27.2 Å². The van der Waals surface area contributed by atoms with Gasteiger partial charge in [0.2, 0.25) is 0 Å². The van der Waals surface area contributed by atoms with Gasteiger partial charge < -0.3 is 10.6 Å². The number of nitrogens with one attached hydrogen (secondary N) is 2. The summed E-state index contributed by atoms with van der Waals surface area (Å²) in [4.78, 5) is 8.25. The summed E-state index contributed by atoms with van der Waals surface area (Å²) in [5.74, 6) is 1.17. The second-order valence-corrected chi connectivity index (χ2v) is 8.21. The van der Waals surface area contributed by atoms with Gasteiger partial charge in [-0.05, 0) is 67.9 Å². The summed E-state index contributed by atoms with van der Waals surface area (Å²) < 4.78 is 13.4. The Balaban J connectivity index is 1.57. The Kier molecular flexibility index (Phi) is 6.85. The zero-order chi connectivity index (χ0) is 19.2. The van der Waals surface area contributed by atoms with Gasteiger partial charge in [-0.2, -0.15) is 0 Å². The maximum absolute atomic E-state index is 13.4. The summed E-state index contributed by atoms with van der Waals surface area (Å²) in [6.07, 6.45) is 2.44. The summed E-state index contributed by atoms with van der Waals surface area (Å²) in [5, 5.41) is 8.99. The van der Waals surface area contributed by atoms with E-state index in [4.69, 9.17) is 0 Å². The van der Waals surface area contributed by atoms with Crippen LogP contribution in [0.4, 0.5) is 4.39 Å². The Morgan fingerprint density at radius 2 is 2.19 bits per heavy atom.